The lowest BCUT2D eigenvalue weighted by atomic mass is 10.2. The number of hydrogen-bond acceptors (Lipinski definition) is 4. The molecule has 0 spiro atoms. The first-order chi connectivity index (χ1) is 12.6. The molecule has 0 bridgehead atoms. The van der Waals surface area contributed by atoms with Crippen molar-refractivity contribution in [1.82, 2.24) is 19.4 Å². The van der Waals surface area contributed by atoms with Crippen LogP contribution in [0.1, 0.15) is 18.3 Å². The van der Waals surface area contributed by atoms with Gasteiger partial charge < -0.3 is 19.1 Å². The van der Waals surface area contributed by atoms with E-state index in [2.05, 4.69) is 4.98 Å². The summed E-state index contributed by atoms with van der Waals surface area (Å²) in [6, 6.07) is 7.68. The SMILES string of the molecule is CCc1nccn1CC(=O)N1CCN(Cc2ccc(OC)cc2)C(=O)C1. The van der Waals surface area contributed by atoms with Crippen molar-refractivity contribution in [2.45, 2.75) is 26.4 Å². The molecule has 0 aliphatic carbocycles. The fourth-order valence-electron chi connectivity index (χ4n) is 3.08. The third-order valence-corrected chi connectivity index (χ3v) is 4.63. The van der Waals surface area contributed by atoms with Crippen LogP contribution in [-0.4, -0.2) is 57.9 Å². The van der Waals surface area contributed by atoms with Gasteiger partial charge in [-0.05, 0) is 17.7 Å². The Labute approximate surface area is 153 Å². The second-order valence-electron chi connectivity index (χ2n) is 6.30. The number of carbonyl (C=O) groups excluding carboxylic acids is 2. The van der Waals surface area contributed by atoms with Gasteiger partial charge in [0.1, 0.15) is 18.1 Å². The average molecular weight is 356 g/mol. The second kappa shape index (κ2) is 8.03. The Morgan fingerprint density at radius 3 is 2.65 bits per heavy atom. The molecule has 1 fully saturated rings. The molecule has 1 aliphatic rings. The Hall–Kier alpha value is -2.83. The largest absolute Gasteiger partial charge is 0.497 e. The van der Waals surface area contributed by atoms with E-state index in [0.717, 1.165) is 23.6 Å². The summed E-state index contributed by atoms with van der Waals surface area (Å²) in [6.07, 6.45) is 4.28. The van der Waals surface area contributed by atoms with Gasteiger partial charge in [-0.1, -0.05) is 19.1 Å². The minimum atomic E-state index is -0.0462. The van der Waals surface area contributed by atoms with Crippen molar-refractivity contribution in [1.29, 1.82) is 0 Å². The molecule has 138 valence electrons. The molecule has 26 heavy (non-hydrogen) atoms. The molecule has 1 aromatic carbocycles. The number of aromatic nitrogens is 2. The highest BCUT2D eigenvalue weighted by Crippen LogP contribution is 2.15. The molecule has 1 aliphatic heterocycles. The quantitative estimate of drug-likeness (QED) is 0.783. The Bertz CT molecular complexity index is 769. The van der Waals surface area contributed by atoms with Crippen LogP contribution in [0.2, 0.25) is 0 Å². The van der Waals surface area contributed by atoms with Gasteiger partial charge >= 0.3 is 0 Å². The van der Waals surface area contributed by atoms with E-state index in [9.17, 15) is 9.59 Å². The second-order valence-corrected chi connectivity index (χ2v) is 6.30. The lowest BCUT2D eigenvalue weighted by molar-refractivity contribution is -0.146. The Morgan fingerprint density at radius 2 is 2.00 bits per heavy atom. The van der Waals surface area contributed by atoms with E-state index in [1.165, 1.54) is 0 Å². The molecule has 0 N–H and O–H groups in total. The molecule has 1 aromatic heterocycles. The summed E-state index contributed by atoms with van der Waals surface area (Å²) in [5, 5.41) is 0. The normalized spacial score (nSPS) is 14.6. The monoisotopic (exact) mass is 356 g/mol. The smallest absolute Gasteiger partial charge is 0.243 e. The molecule has 2 amide bonds. The fraction of sp³-hybridized carbons (Fsp3) is 0.421. The molecular weight excluding hydrogens is 332 g/mol. The number of piperazine rings is 1. The number of carbonyl (C=O) groups is 2. The van der Waals surface area contributed by atoms with Crippen LogP contribution in [0.4, 0.5) is 0 Å². The highest BCUT2D eigenvalue weighted by molar-refractivity contribution is 5.86. The minimum absolute atomic E-state index is 0.0261. The van der Waals surface area contributed by atoms with Gasteiger partial charge in [0.2, 0.25) is 11.8 Å². The zero-order chi connectivity index (χ0) is 18.5. The van der Waals surface area contributed by atoms with Crippen molar-refractivity contribution < 1.29 is 14.3 Å². The maximum absolute atomic E-state index is 12.5. The van der Waals surface area contributed by atoms with Gasteiger partial charge in [0, 0.05) is 38.4 Å². The first kappa shape index (κ1) is 18.0. The zero-order valence-electron chi connectivity index (χ0n) is 15.2. The van der Waals surface area contributed by atoms with Gasteiger partial charge in [0.15, 0.2) is 0 Å². The minimum Gasteiger partial charge on any atom is -0.497 e. The molecule has 2 aromatic rings. The molecule has 0 saturated carbocycles. The summed E-state index contributed by atoms with van der Waals surface area (Å²) < 4.78 is 6.99. The lowest BCUT2D eigenvalue weighted by Crippen LogP contribution is -2.52. The van der Waals surface area contributed by atoms with Crippen LogP contribution in [0, 0.1) is 0 Å². The number of ether oxygens (including phenoxy) is 1. The summed E-state index contributed by atoms with van der Waals surface area (Å²) >= 11 is 0. The van der Waals surface area contributed by atoms with Gasteiger partial charge in [-0.3, -0.25) is 9.59 Å². The van der Waals surface area contributed by atoms with Crippen molar-refractivity contribution in [3.8, 4) is 5.75 Å². The number of benzene rings is 1. The molecule has 0 unspecified atom stereocenters. The summed E-state index contributed by atoms with van der Waals surface area (Å²) in [4.78, 5) is 32.6. The molecule has 7 nitrogen and oxygen atoms in total. The maximum atomic E-state index is 12.5. The molecule has 2 heterocycles. The molecular formula is C19H24N4O3. The third-order valence-electron chi connectivity index (χ3n) is 4.63. The lowest BCUT2D eigenvalue weighted by Gasteiger charge is -2.34. The fourth-order valence-corrected chi connectivity index (χ4v) is 3.08. The van der Waals surface area contributed by atoms with Gasteiger partial charge in [-0.25, -0.2) is 4.98 Å². The first-order valence-electron chi connectivity index (χ1n) is 8.79. The Kier molecular flexibility index (Phi) is 5.55. The van der Waals surface area contributed by atoms with E-state index < -0.39 is 0 Å². The molecule has 7 heteroatoms. The maximum Gasteiger partial charge on any atom is 0.243 e. The Morgan fingerprint density at radius 1 is 1.23 bits per heavy atom. The first-order valence-corrected chi connectivity index (χ1v) is 8.79. The number of imidazole rings is 1. The zero-order valence-corrected chi connectivity index (χ0v) is 15.2. The van der Waals surface area contributed by atoms with E-state index in [0.29, 0.717) is 19.6 Å². The van der Waals surface area contributed by atoms with Crippen LogP contribution in [0.3, 0.4) is 0 Å². The highest BCUT2D eigenvalue weighted by Gasteiger charge is 2.27. The summed E-state index contributed by atoms with van der Waals surface area (Å²) in [5.41, 5.74) is 1.05. The van der Waals surface area contributed by atoms with Crippen LogP contribution in [0.25, 0.3) is 0 Å². The van der Waals surface area contributed by atoms with Crippen molar-refractivity contribution in [3.05, 3.63) is 48.0 Å². The number of methoxy groups -OCH3 is 1. The van der Waals surface area contributed by atoms with E-state index in [1.54, 1.807) is 29.3 Å². The topological polar surface area (TPSA) is 67.7 Å². The predicted molar refractivity (Wildman–Crippen MR) is 96.6 cm³/mol. The summed E-state index contributed by atoms with van der Waals surface area (Å²) in [7, 11) is 1.63. The number of rotatable bonds is 6. The van der Waals surface area contributed by atoms with Crippen molar-refractivity contribution in [2.24, 2.45) is 0 Å². The van der Waals surface area contributed by atoms with E-state index in [1.807, 2.05) is 35.8 Å². The van der Waals surface area contributed by atoms with Crippen LogP contribution >= 0.6 is 0 Å². The van der Waals surface area contributed by atoms with E-state index >= 15 is 0 Å². The number of amides is 2. The van der Waals surface area contributed by atoms with E-state index in [-0.39, 0.29) is 24.9 Å². The van der Waals surface area contributed by atoms with Crippen LogP contribution < -0.4 is 4.74 Å². The third kappa shape index (κ3) is 4.04. The standard InChI is InChI=1S/C19H24N4O3/c1-3-17-20-8-9-21(17)13-18(24)23-11-10-22(19(25)14-23)12-15-4-6-16(26-2)7-5-15/h4-9H,3,10-14H2,1-2H3. The molecule has 3 rings (SSSR count). The highest BCUT2D eigenvalue weighted by atomic mass is 16.5. The molecule has 0 radical (unpaired) electrons. The molecule has 1 saturated heterocycles. The summed E-state index contributed by atoms with van der Waals surface area (Å²) in [6.45, 7) is 4.01. The average Bonchev–Trinajstić information content (AvgIpc) is 3.11. The van der Waals surface area contributed by atoms with Gasteiger partial charge in [-0.15, -0.1) is 0 Å². The van der Waals surface area contributed by atoms with Crippen molar-refractivity contribution in [3.63, 3.8) is 0 Å². The number of aryl methyl sites for hydroxylation is 1. The van der Waals surface area contributed by atoms with Gasteiger partial charge in [-0.2, -0.15) is 0 Å². The van der Waals surface area contributed by atoms with Crippen molar-refractivity contribution in [2.75, 3.05) is 26.7 Å². The van der Waals surface area contributed by atoms with E-state index in [4.69, 9.17) is 4.74 Å². The van der Waals surface area contributed by atoms with Crippen LogP contribution in [-0.2, 0) is 29.1 Å². The summed E-state index contributed by atoms with van der Waals surface area (Å²) in [5.74, 6) is 1.60. The van der Waals surface area contributed by atoms with Gasteiger partial charge in [0.05, 0.1) is 13.7 Å². The van der Waals surface area contributed by atoms with Crippen molar-refractivity contribution >= 4 is 11.8 Å². The van der Waals surface area contributed by atoms with Crippen LogP contribution in [0.5, 0.6) is 5.75 Å². The van der Waals surface area contributed by atoms with Gasteiger partial charge in [0.25, 0.3) is 0 Å². The van der Waals surface area contributed by atoms with Crippen LogP contribution in [0.15, 0.2) is 36.7 Å². The number of nitrogens with zero attached hydrogens (tertiary/aromatic N) is 4. The Balaban J connectivity index is 1.55. The predicted octanol–water partition coefficient (Wildman–Crippen LogP) is 1.33. The molecule has 0 atom stereocenters. The number of hydrogen-bond donors (Lipinski definition) is 0.